The highest BCUT2D eigenvalue weighted by atomic mass is 32.1. The van der Waals surface area contributed by atoms with E-state index < -0.39 is 0 Å². The van der Waals surface area contributed by atoms with Gasteiger partial charge >= 0.3 is 0 Å². The van der Waals surface area contributed by atoms with E-state index >= 15 is 0 Å². The van der Waals surface area contributed by atoms with E-state index in [1.54, 1.807) is 0 Å². The van der Waals surface area contributed by atoms with Gasteiger partial charge in [0.1, 0.15) is 0 Å². The van der Waals surface area contributed by atoms with Crippen molar-refractivity contribution < 1.29 is 9.90 Å². The number of aliphatic hydroxyl groups is 1. The number of rotatable bonds is 1. The van der Waals surface area contributed by atoms with Crippen LogP contribution in [0.4, 0.5) is 5.69 Å². The van der Waals surface area contributed by atoms with Crippen LogP contribution >= 0.6 is 11.3 Å². The normalized spacial score (nSPS) is 17.0. The molecule has 3 rings (SSSR count). The van der Waals surface area contributed by atoms with Gasteiger partial charge in [0, 0.05) is 23.5 Å². The number of thiophene rings is 1. The van der Waals surface area contributed by atoms with E-state index in [0.717, 1.165) is 15.0 Å². The minimum atomic E-state index is -0.258. The number of carbonyl (C=O) groups excluding carboxylic acids is 1. The van der Waals surface area contributed by atoms with Crippen molar-refractivity contribution in [1.82, 2.24) is 4.90 Å². The van der Waals surface area contributed by atoms with Crippen LogP contribution in [0.5, 0.6) is 0 Å². The van der Waals surface area contributed by atoms with Crippen molar-refractivity contribution in [2.45, 2.75) is 18.9 Å². The summed E-state index contributed by atoms with van der Waals surface area (Å²) in [5.74, 6) is 0.0617. The number of nitrogens with two attached hydrogens (primary N) is 1. The smallest absolute Gasteiger partial charge is 0.263 e. The molecule has 0 saturated carbocycles. The zero-order valence-electron chi connectivity index (χ0n) is 10.5. The van der Waals surface area contributed by atoms with E-state index in [0.29, 0.717) is 31.6 Å². The zero-order chi connectivity index (χ0) is 13.4. The third-order valence-electron chi connectivity index (χ3n) is 3.50. The Kier molecular flexibility index (Phi) is 3.16. The standard InChI is InChI=1S/C14H16N2O2S/c15-10-1-2-12-9(7-10)8-13(19-12)14(18)16-5-3-11(17)4-6-16/h1-2,7-8,11,17H,3-6,15H2. The monoisotopic (exact) mass is 276 g/mol. The summed E-state index contributed by atoms with van der Waals surface area (Å²) in [5, 5.41) is 10.5. The molecule has 4 nitrogen and oxygen atoms in total. The summed E-state index contributed by atoms with van der Waals surface area (Å²) in [5.41, 5.74) is 6.46. The molecule has 0 atom stereocenters. The summed E-state index contributed by atoms with van der Waals surface area (Å²) in [7, 11) is 0. The second kappa shape index (κ2) is 4.83. The van der Waals surface area contributed by atoms with Gasteiger partial charge in [0.25, 0.3) is 5.91 Å². The molecule has 0 spiro atoms. The number of anilines is 1. The van der Waals surface area contributed by atoms with Crippen molar-refractivity contribution in [2.75, 3.05) is 18.8 Å². The predicted octanol–water partition coefficient (Wildman–Crippen LogP) is 2.08. The molecule has 0 bridgehead atoms. The van der Waals surface area contributed by atoms with Gasteiger partial charge in [-0.2, -0.15) is 0 Å². The van der Waals surface area contributed by atoms with Gasteiger partial charge < -0.3 is 15.7 Å². The molecule has 3 N–H and O–H groups in total. The molecule has 0 radical (unpaired) electrons. The maximum Gasteiger partial charge on any atom is 0.263 e. The summed E-state index contributed by atoms with van der Waals surface area (Å²) in [4.78, 5) is 15.0. The first-order valence-electron chi connectivity index (χ1n) is 6.40. The number of piperidine rings is 1. The molecule has 19 heavy (non-hydrogen) atoms. The fourth-order valence-electron chi connectivity index (χ4n) is 2.39. The SMILES string of the molecule is Nc1ccc2sc(C(=O)N3CCC(O)CC3)cc2c1. The summed E-state index contributed by atoms with van der Waals surface area (Å²) in [6.45, 7) is 1.27. The van der Waals surface area contributed by atoms with Crippen LogP contribution < -0.4 is 5.73 Å². The second-order valence-electron chi connectivity index (χ2n) is 4.93. The minimum Gasteiger partial charge on any atom is -0.399 e. The molecule has 2 heterocycles. The molecule has 1 aliphatic rings. The molecule has 2 aromatic rings. The quantitative estimate of drug-likeness (QED) is 0.784. The molecule has 0 aliphatic carbocycles. The number of carbonyl (C=O) groups is 1. The van der Waals surface area contributed by atoms with Gasteiger partial charge in [-0.1, -0.05) is 0 Å². The van der Waals surface area contributed by atoms with Crippen LogP contribution in [0, 0.1) is 0 Å². The molecule has 1 aromatic carbocycles. The number of hydrogen-bond donors (Lipinski definition) is 2. The summed E-state index contributed by atoms with van der Waals surface area (Å²) in [6, 6.07) is 7.60. The van der Waals surface area contributed by atoms with Crippen LogP contribution in [0.25, 0.3) is 10.1 Å². The second-order valence-corrected chi connectivity index (χ2v) is 6.02. The summed E-state index contributed by atoms with van der Waals surface area (Å²) < 4.78 is 1.08. The maximum absolute atomic E-state index is 12.4. The van der Waals surface area contributed by atoms with E-state index in [1.165, 1.54) is 11.3 Å². The van der Waals surface area contributed by atoms with Crippen molar-refractivity contribution in [1.29, 1.82) is 0 Å². The first-order valence-corrected chi connectivity index (χ1v) is 7.21. The summed E-state index contributed by atoms with van der Waals surface area (Å²) >= 11 is 1.50. The molecular weight excluding hydrogens is 260 g/mol. The fourth-order valence-corrected chi connectivity index (χ4v) is 3.40. The Morgan fingerprint density at radius 1 is 1.32 bits per heavy atom. The van der Waals surface area contributed by atoms with Crippen LogP contribution in [0.1, 0.15) is 22.5 Å². The third kappa shape index (κ3) is 2.43. The van der Waals surface area contributed by atoms with Crippen molar-refractivity contribution >= 4 is 33.0 Å². The molecule has 1 aliphatic heterocycles. The Hall–Kier alpha value is -1.59. The Morgan fingerprint density at radius 3 is 2.79 bits per heavy atom. The van der Waals surface area contributed by atoms with E-state index in [9.17, 15) is 9.90 Å². The van der Waals surface area contributed by atoms with Gasteiger partial charge in [-0.3, -0.25) is 4.79 Å². The van der Waals surface area contributed by atoms with E-state index in [1.807, 2.05) is 29.2 Å². The van der Waals surface area contributed by atoms with E-state index in [-0.39, 0.29) is 12.0 Å². The number of fused-ring (bicyclic) bond motifs is 1. The van der Waals surface area contributed by atoms with Gasteiger partial charge in [-0.25, -0.2) is 0 Å². The molecule has 0 unspecified atom stereocenters. The lowest BCUT2D eigenvalue weighted by molar-refractivity contribution is 0.0551. The Balaban J connectivity index is 1.85. The van der Waals surface area contributed by atoms with E-state index in [2.05, 4.69) is 0 Å². The number of nitrogen functional groups attached to an aromatic ring is 1. The Morgan fingerprint density at radius 2 is 2.05 bits per heavy atom. The molecule has 100 valence electrons. The van der Waals surface area contributed by atoms with Gasteiger partial charge in [-0.15, -0.1) is 11.3 Å². The first-order chi connectivity index (χ1) is 9.13. The molecule has 1 fully saturated rings. The zero-order valence-corrected chi connectivity index (χ0v) is 11.3. The highest BCUT2D eigenvalue weighted by Crippen LogP contribution is 2.28. The number of benzene rings is 1. The third-order valence-corrected chi connectivity index (χ3v) is 4.61. The molecule has 1 saturated heterocycles. The number of aliphatic hydroxyl groups excluding tert-OH is 1. The fraction of sp³-hybridized carbons (Fsp3) is 0.357. The summed E-state index contributed by atoms with van der Waals surface area (Å²) in [6.07, 6.45) is 1.08. The van der Waals surface area contributed by atoms with Crippen molar-refractivity contribution in [3.8, 4) is 0 Å². The lowest BCUT2D eigenvalue weighted by Crippen LogP contribution is -2.39. The number of amides is 1. The Labute approximate surface area is 115 Å². The van der Waals surface area contributed by atoms with Crippen LogP contribution in [0.2, 0.25) is 0 Å². The van der Waals surface area contributed by atoms with Crippen LogP contribution in [0.3, 0.4) is 0 Å². The number of hydrogen-bond acceptors (Lipinski definition) is 4. The molecule has 5 heteroatoms. The predicted molar refractivity (Wildman–Crippen MR) is 77.4 cm³/mol. The van der Waals surface area contributed by atoms with Crippen LogP contribution in [-0.2, 0) is 0 Å². The highest BCUT2D eigenvalue weighted by Gasteiger charge is 2.23. The average Bonchev–Trinajstić information content (AvgIpc) is 2.81. The maximum atomic E-state index is 12.4. The van der Waals surface area contributed by atoms with Crippen molar-refractivity contribution in [3.05, 3.63) is 29.1 Å². The topological polar surface area (TPSA) is 66.6 Å². The van der Waals surface area contributed by atoms with Gasteiger partial charge in [0.05, 0.1) is 11.0 Å². The molecule has 1 aromatic heterocycles. The molecular formula is C14H16N2O2S. The van der Waals surface area contributed by atoms with Crippen molar-refractivity contribution in [2.24, 2.45) is 0 Å². The highest BCUT2D eigenvalue weighted by molar-refractivity contribution is 7.20. The number of nitrogens with zero attached hydrogens (tertiary/aromatic N) is 1. The number of likely N-dealkylation sites (tertiary alicyclic amines) is 1. The largest absolute Gasteiger partial charge is 0.399 e. The van der Waals surface area contributed by atoms with Gasteiger partial charge in [-0.05, 0) is 42.5 Å². The first kappa shape index (κ1) is 12.4. The van der Waals surface area contributed by atoms with Gasteiger partial charge in [0.15, 0.2) is 0 Å². The van der Waals surface area contributed by atoms with Crippen molar-refractivity contribution in [3.63, 3.8) is 0 Å². The van der Waals surface area contributed by atoms with Gasteiger partial charge in [0.2, 0.25) is 0 Å². The average molecular weight is 276 g/mol. The van der Waals surface area contributed by atoms with Crippen LogP contribution in [-0.4, -0.2) is 35.1 Å². The molecule has 1 amide bonds. The lowest BCUT2D eigenvalue weighted by Gasteiger charge is -2.29. The lowest BCUT2D eigenvalue weighted by atomic mass is 10.1. The van der Waals surface area contributed by atoms with Crippen LogP contribution in [0.15, 0.2) is 24.3 Å². The Bertz CT molecular complexity index is 615. The minimum absolute atomic E-state index is 0.0617. The van der Waals surface area contributed by atoms with E-state index in [4.69, 9.17) is 5.73 Å².